The number of amides is 2. The van der Waals surface area contributed by atoms with Crippen molar-refractivity contribution in [3.8, 4) is 5.75 Å². The zero-order valence-corrected chi connectivity index (χ0v) is 18.7. The molecule has 3 atom stereocenters. The van der Waals surface area contributed by atoms with Crippen molar-refractivity contribution >= 4 is 34.8 Å². The van der Waals surface area contributed by atoms with Crippen LogP contribution in [-0.2, 0) is 15.1 Å². The summed E-state index contributed by atoms with van der Waals surface area (Å²) in [4.78, 5) is 29.6. The summed E-state index contributed by atoms with van der Waals surface area (Å²) >= 11 is 6.16. The van der Waals surface area contributed by atoms with Crippen LogP contribution in [0.5, 0.6) is 5.75 Å². The molecule has 2 fully saturated rings. The van der Waals surface area contributed by atoms with Gasteiger partial charge in [-0.3, -0.25) is 14.5 Å². The van der Waals surface area contributed by atoms with Gasteiger partial charge in [-0.25, -0.2) is 0 Å². The largest absolute Gasteiger partial charge is 0.495 e. The van der Waals surface area contributed by atoms with Crippen LogP contribution >= 0.6 is 11.6 Å². The number of anilines is 2. The van der Waals surface area contributed by atoms with Crippen LogP contribution < -0.4 is 15.4 Å². The lowest BCUT2D eigenvalue weighted by Crippen LogP contribution is -2.53. The van der Waals surface area contributed by atoms with Crippen LogP contribution in [0, 0.1) is 19.8 Å². The number of hydrogen-bond acceptors (Lipinski definition) is 4. The fourth-order valence-electron chi connectivity index (χ4n) is 5.88. The highest BCUT2D eigenvalue weighted by atomic mass is 35.5. The summed E-state index contributed by atoms with van der Waals surface area (Å²) in [6, 6.07) is 9.48. The maximum Gasteiger partial charge on any atom is 0.250 e. The van der Waals surface area contributed by atoms with E-state index in [1.54, 1.807) is 25.3 Å². The number of aryl methyl sites for hydroxylation is 2. The number of carbonyl (C=O) groups is 2. The Morgan fingerprint density at radius 1 is 1.29 bits per heavy atom. The van der Waals surface area contributed by atoms with Crippen molar-refractivity contribution in [3.63, 3.8) is 0 Å². The van der Waals surface area contributed by atoms with Crippen molar-refractivity contribution in [2.75, 3.05) is 24.3 Å². The molecule has 2 amide bonds. The third-order valence-corrected chi connectivity index (χ3v) is 7.29. The van der Waals surface area contributed by atoms with Crippen molar-refractivity contribution in [1.82, 2.24) is 4.90 Å². The molecule has 3 aliphatic rings. The summed E-state index contributed by atoms with van der Waals surface area (Å²) < 4.78 is 5.40. The van der Waals surface area contributed by atoms with Crippen LogP contribution in [0.25, 0.3) is 0 Å². The fourth-order valence-corrected chi connectivity index (χ4v) is 6.05. The maximum atomic E-state index is 13.7. The van der Waals surface area contributed by atoms with Gasteiger partial charge in [0.15, 0.2) is 0 Å². The minimum atomic E-state index is -0.983. The molecule has 2 aromatic rings. The molecule has 0 aromatic heterocycles. The average molecular weight is 440 g/mol. The minimum Gasteiger partial charge on any atom is -0.495 e. The Morgan fingerprint density at radius 2 is 2.10 bits per heavy atom. The Morgan fingerprint density at radius 3 is 2.87 bits per heavy atom. The van der Waals surface area contributed by atoms with Gasteiger partial charge >= 0.3 is 0 Å². The normalized spacial score (nSPS) is 26.6. The van der Waals surface area contributed by atoms with E-state index in [0.717, 1.165) is 41.8 Å². The van der Waals surface area contributed by atoms with E-state index in [1.807, 2.05) is 13.8 Å². The molecule has 0 radical (unpaired) electrons. The number of ether oxygens (including phenoxy) is 1. The fraction of sp³-hybridized carbons (Fsp3) is 0.417. The van der Waals surface area contributed by atoms with E-state index in [0.29, 0.717) is 22.9 Å². The standard InChI is InChI=1S/C24H26ClN3O3/c1-13-9-14(2)21-17(10-13)24(23(30)27-21)18(12-16-5-4-8-28(16)24)22(29)26-19-11-15(25)6-7-20(19)31-3/h6-7,9-11,16,18H,4-5,8,12H2,1-3H3,(H,26,29)(H,27,30)/t16-,18+,24-/m1/s1. The first-order valence-electron chi connectivity index (χ1n) is 10.7. The Bertz CT molecular complexity index is 1100. The summed E-state index contributed by atoms with van der Waals surface area (Å²) in [6.45, 7) is 4.86. The second-order valence-electron chi connectivity index (χ2n) is 8.84. The molecule has 2 N–H and O–H groups in total. The van der Waals surface area contributed by atoms with E-state index in [2.05, 4.69) is 27.7 Å². The summed E-state index contributed by atoms with van der Waals surface area (Å²) in [6.07, 6.45) is 2.68. The van der Waals surface area contributed by atoms with E-state index in [-0.39, 0.29) is 17.9 Å². The number of hydrogen-bond donors (Lipinski definition) is 2. The van der Waals surface area contributed by atoms with Crippen molar-refractivity contribution in [2.24, 2.45) is 5.92 Å². The molecule has 0 unspecified atom stereocenters. The monoisotopic (exact) mass is 439 g/mol. The molecule has 2 saturated heterocycles. The van der Waals surface area contributed by atoms with Crippen LogP contribution in [0.15, 0.2) is 30.3 Å². The number of rotatable bonds is 3. The molecule has 6 nitrogen and oxygen atoms in total. The van der Waals surface area contributed by atoms with Gasteiger partial charge < -0.3 is 15.4 Å². The highest BCUT2D eigenvalue weighted by Crippen LogP contribution is 2.56. The zero-order valence-electron chi connectivity index (χ0n) is 17.9. The molecule has 3 heterocycles. The van der Waals surface area contributed by atoms with Crippen molar-refractivity contribution in [2.45, 2.75) is 44.7 Å². The number of nitrogens with one attached hydrogen (secondary N) is 2. The van der Waals surface area contributed by atoms with E-state index in [9.17, 15) is 9.59 Å². The van der Waals surface area contributed by atoms with E-state index in [4.69, 9.17) is 16.3 Å². The first-order chi connectivity index (χ1) is 14.9. The second-order valence-corrected chi connectivity index (χ2v) is 9.27. The molecule has 1 spiro atoms. The van der Waals surface area contributed by atoms with Gasteiger partial charge in [-0.1, -0.05) is 29.3 Å². The quantitative estimate of drug-likeness (QED) is 0.750. The smallest absolute Gasteiger partial charge is 0.250 e. The van der Waals surface area contributed by atoms with Crippen LogP contribution in [0.4, 0.5) is 11.4 Å². The van der Waals surface area contributed by atoms with Gasteiger partial charge in [-0.15, -0.1) is 0 Å². The van der Waals surface area contributed by atoms with Gasteiger partial charge in [0.05, 0.1) is 18.7 Å². The SMILES string of the molecule is COc1ccc(Cl)cc1NC(=O)[C@@H]1C[C@H]2CCCN2[C@@]12C(=O)Nc1c(C)cc(C)cc12. The Labute approximate surface area is 186 Å². The average Bonchev–Trinajstić information content (AvgIpc) is 3.37. The summed E-state index contributed by atoms with van der Waals surface area (Å²) in [5.74, 6) is -0.256. The van der Waals surface area contributed by atoms with Gasteiger partial charge in [-0.05, 0) is 63.4 Å². The Balaban J connectivity index is 1.61. The number of fused-ring (bicyclic) bond motifs is 4. The number of halogens is 1. The summed E-state index contributed by atoms with van der Waals surface area (Å²) in [7, 11) is 1.55. The van der Waals surface area contributed by atoms with Gasteiger partial charge in [0.2, 0.25) is 11.8 Å². The van der Waals surface area contributed by atoms with Gasteiger partial charge in [0.25, 0.3) is 0 Å². The summed E-state index contributed by atoms with van der Waals surface area (Å²) in [5, 5.41) is 6.63. The lowest BCUT2D eigenvalue weighted by molar-refractivity contribution is -0.135. The van der Waals surface area contributed by atoms with Crippen LogP contribution in [0.1, 0.15) is 36.0 Å². The topological polar surface area (TPSA) is 70.7 Å². The third kappa shape index (κ3) is 2.88. The van der Waals surface area contributed by atoms with Gasteiger partial charge in [0.1, 0.15) is 11.3 Å². The highest BCUT2D eigenvalue weighted by molar-refractivity contribution is 6.31. The number of methoxy groups -OCH3 is 1. The van der Waals surface area contributed by atoms with E-state index < -0.39 is 11.5 Å². The van der Waals surface area contributed by atoms with Gasteiger partial charge in [0, 0.05) is 22.3 Å². The molecular weight excluding hydrogens is 414 g/mol. The first kappa shape index (κ1) is 20.3. The minimum absolute atomic E-state index is 0.0983. The number of nitrogens with zero attached hydrogens (tertiary/aromatic N) is 1. The van der Waals surface area contributed by atoms with E-state index in [1.165, 1.54) is 0 Å². The van der Waals surface area contributed by atoms with Crippen molar-refractivity contribution < 1.29 is 14.3 Å². The van der Waals surface area contributed by atoms with Crippen molar-refractivity contribution in [3.05, 3.63) is 52.0 Å². The number of benzene rings is 2. The second kappa shape index (κ2) is 7.24. The van der Waals surface area contributed by atoms with E-state index >= 15 is 0 Å². The number of carbonyl (C=O) groups excluding carboxylic acids is 2. The molecule has 2 aromatic carbocycles. The molecule has 7 heteroatoms. The Kier molecular flexibility index (Phi) is 4.75. The maximum absolute atomic E-state index is 13.7. The zero-order chi connectivity index (χ0) is 21.9. The molecule has 0 bridgehead atoms. The molecule has 0 saturated carbocycles. The molecule has 162 valence electrons. The third-order valence-electron chi connectivity index (χ3n) is 7.05. The lowest BCUT2D eigenvalue weighted by Gasteiger charge is -2.36. The molecule has 31 heavy (non-hydrogen) atoms. The predicted molar refractivity (Wildman–Crippen MR) is 121 cm³/mol. The first-order valence-corrected chi connectivity index (χ1v) is 11.1. The highest BCUT2D eigenvalue weighted by Gasteiger charge is 2.65. The molecule has 0 aliphatic carbocycles. The summed E-state index contributed by atoms with van der Waals surface area (Å²) in [5.41, 5.74) is 3.42. The van der Waals surface area contributed by atoms with Crippen molar-refractivity contribution in [1.29, 1.82) is 0 Å². The van der Waals surface area contributed by atoms with Crippen LogP contribution in [0.2, 0.25) is 5.02 Å². The Hall–Kier alpha value is -2.57. The predicted octanol–water partition coefficient (Wildman–Crippen LogP) is 4.24. The lowest BCUT2D eigenvalue weighted by atomic mass is 9.77. The van der Waals surface area contributed by atoms with Crippen LogP contribution in [-0.4, -0.2) is 36.4 Å². The van der Waals surface area contributed by atoms with Crippen LogP contribution in [0.3, 0.4) is 0 Å². The molecule has 5 rings (SSSR count). The van der Waals surface area contributed by atoms with Gasteiger partial charge in [-0.2, -0.15) is 0 Å². The molecule has 3 aliphatic heterocycles. The molecular formula is C24H26ClN3O3.